The summed E-state index contributed by atoms with van der Waals surface area (Å²) in [6.45, 7) is 2.22. The van der Waals surface area contributed by atoms with Crippen molar-refractivity contribution in [1.29, 1.82) is 0 Å². The summed E-state index contributed by atoms with van der Waals surface area (Å²) in [7, 11) is 0. The smallest absolute Gasteiger partial charge is 0.171 e. The summed E-state index contributed by atoms with van der Waals surface area (Å²) in [5.41, 5.74) is 0. The third-order valence-corrected chi connectivity index (χ3v) is 3.54. The third kappa shape index (κ3) is 20.8. The van der Waals surface area contributed by atoms with Crippen molar-refractivity contribution < 1.29 is 13.2 Å². The molecule has 0 saturated carbocycles. The van der Waals surface area contributed by atoms with Gasteiger partial charge in [0, 0.05) is 6.42 Å². The molecule has 0 aliphatic heterocycles. The molecule has 0 spiro atoms. The summed E-state index contributed by atoms with van der Waals surface area (Å²) in [5.74, 6) is 0. The van der Waals surface area contributed by atoms with Gasteiger partial charge in [-0.15, -0.1) is 0 Å². The van der Waals surface area contributed by atoms with Crippen molar-refractivity contribution in [3.8, 4) is 0 Å². The van der Waals surface area contributed by atoms with Crippen LogP contribution >= 0.6 is 0 Å². The first-order valence-electron chi connectivity index (χ1n) is 9.23. The van der Waals surface area contributed by atoms with Gasteiger partial charge < -0.3 is 0 Å². The van der Waals surface area contributed by atoms with Crippen LogP contribution in [0.1, 0.15) is 77.6 Å². The zero-order chi connectivity index (χ0) is 17.9. The zero-order valence-electron chi connectivity index (χ0n) is 15.0. The fraction of sp³-hybridized carbons (Fsp3) is 0.619. The average Bonchev–Trinajstić information content (AvgIpc) is 2.52. The lowest BCUT2D eigenvalue weighted by Gasteiger charge is -2.03. The lowest BCUT2D eigenvalue weighted by atomic mass is 10.1. The van der Waals surface area contributed by atoms with Gasteiger partial charge in [0.05, 0.1) is 0 Å². The van der Waals surface area contributed by atoms with E-state index in [9.17, 15) is 13.2 Å². The molecule has 3 heteroatoms. The van der Waals surface area contributed by atoms with Gasteiger partial charge in [-0.25, -0.2) is 0 Å². The molecule has 0 aromatic carbocycles. The molecule has 0 aliphatic carbocycles. The number of unbranched alkanes of at least 4 members (excludes halogenated alkanes) is 5. The highest BCUT2D eigenvalue weighted by molar-refractivity contribution is 4.99. The predicted octanol–water partition coefficient (Wildman–Crippen LogP) is 8.08. The lowest BCUT2D eigenvalue weighted by molar-refractivity contribution is -0.135. The number of hydrogen-bond donors (Lipinski definition) is 0. The molecule has 24 heavy (non-hydrogen) atoms. The number of alkyl halides is 3. The Labute approximate surface area is 146 Å². The topological polar surface area (TPSA) is 0 Å². The van der Waals surface area contributed by atoms with Gasteiger partial charge in [-0.3, -0.25) is 0 Å². The van der Waals surface area contributed by atoms with Gasteiger partial charge in [0.1, 0.15) is 0 Å². The molecule has 0 heterocycles. The molecule has 0 aromatic heterocycles. The molecule has 0 aliphatic rings. The van der Waals surface area contributed by atoms with Gasteiger partial charge in [-0.1, -0.05) is 68.4 Å². The minimum atomic E-state index is -4.01. The number of halogens is 3. The fourth-order valence-corrected chi connectivity index (χ4v) is 2.15. The summed E-state index contributed by atoms with van der Waals surface area (Å²) < 4.78 is 35.8. The van der Waals surface area contributed by atoms with E-state index in [1.54, 1.807) is 0 Å². The SMILES string of the molecule is CCCCC/C=C\C/C=C\C/C=C\C/C=C\CCCCC(F)(F)F. The average molecular weight is 342 g/mol. The molecular formula is C21H33F3. The maximum atomic E-state index is 11.9. The molecule has 0 saturated heterocycles. The Bertz CT molecular complexity index is 373. The lowest BCUT2D eigenvalue weighted by Crippen LogP contribution is -2.05. The Morgan fingerprint density at radius 2 is 1.00 bits per heavy atom. The first-order valence-corrected chi connectivity index (χ1v) is 9.23. The van der Waals surface area contributed by atoms with Crippen LogP contribution in [-0.2, 0) is 0 Å². The van der Waals surface area contributed by atoms with E-state index in [0.29, 0.717) is 6.42 Å². The summed E-state index contributed by atoms with van der Waals surface area (Å²) in [5, 5.41) is 0. The molecule has 0 fully saturated rings. The predicted molar refractivity (Wildman–Crippen MR) is 99.1 cm³/mol. The summed E-state index contributed by atoms with van der Waals surface area (Å²) in [6.07, 6.45) is 21.7. The minimum Gasteiger partial charge on any atom is -0.171 e. The maximum Gasteiger partial charge on any atom is 0.389 e. The van der Waals surface area contributed by atoms with Crippen LogP contribution in [0.4, 0.5) is 13.2 Å². The van der Waals surface area contributed by atoms with E-state index in [1.165, 1.54) is 25.7 Å². The molecular weight excluding hydrogens is 309 g/mol. The van der Waals surface area contributed by atoms with E-state index >= 15 is 0 Å². The molecule has 0 bridgehead atoms. The van der Waals surface area contributed by atoms with Crippen LogP contribution < -0.4 is 0 Å². The van der Waals surface area contributed by atoms with Crippen molar-refractivity contribution >= 4 is 0 Å². The molecule has 0 N–H and O–H groups in total. The van der Waals surface area contributed by atoms with E-state index in [-0.39, 0.29) is 6.42 Å². The highest BCUT2D eigenvalue weighted by atomic mass is 19.4. The first kappa shape index (κ1) is 22.8. The van der Waals surface area contributed by atoms with E-state index in [2.05, 4.69) is 43.4 Å². The largest absolute Gasteiger partial charge is 0.389 e. The van der Waals surface area contributed by atoms with Crippen molar-refractivity contribution in [2.75, 3.05) is 0 Å². The highest BCUT2D eigenvalue weighted by Crippen LogP contribution is 2.22. The monoisotopic (exact) mass is 342 g/mol. The first-order chi connectivity index (χ1) is 11.6. The second kappa shape index (κ2) is 16.6. The van der Waals surface area contributed by atoms with E-state index < -0.39 is 12.6 Å². The standard InChI is InChI=1S/C21H33F3/c1-2-3-4-5-6-7-8-9-10-11-12-13-14-15-16-17-18-19-20-21(22,23)24/h6-7,9-10,12-13,15-16H,2-5,8,11,14,17-20H2,1H3/b7-6-,10-9-,13-12-,16-15-. The fourth-order valence-electron chi connectivity index (χ4n) is 2.15. The second-order valence-electron chi connectivity index (χ2n) is 5.95. The molecule has 0 unspecified atom stereocenters. The maximum absolute atomic E-state index is 11.9. The van der Waals surface area contributed by atoms with Crippen LogP contribution in [0.2, 0.25) is 0 Å². The van der Waals surface area contributed by atoms with Crippen molar-refractivity contribution in [3.63, 3.8) is 0 Å². The van der Waals surface area contributed by atoms with Crippen LogP contribution in [-0.4, -0.2) is 6.18 Å². The Morgan fingerprint density at radius 3 is 1.42 bits per heavy atom. The number of hydrogen-bond acceptors (Lipinski definition) is 0. The van der Waals surface area contributed by atoms with Crippen LogP contribution in [0.25, 0.3) is 0 Å². The van der Waals surface area contributed by atoms with Gasteiger partial charge in [0.2, 0.25) is 0 Å². The highest BCUT2D eigenvalue weighted by Gasteiger charge is 2.25. The molecule has 0 radical (unpaired) electrons. The van der Waals surface area contributed by atoms with Crippen LogP contribution in [0.5, 0.6) is 0 Å². The Kier molecular flexibility index (Phi) is 15.7. The van der Waals surface area contributed by atoms with Gasteiger partial charge in [-0.05, 0) is 51.4 Å². The Balaban J connectivity index is 3.42. The second-order valence-corrected chi connectivity index (χ2v) is 5.95. The van der Waals surface area contributed by atoms with Gasteiger partial charge >= 0.3 is 6.18 Å². The number of rotatable bonds is 14. The van der Waals surface area contributed by atoms with Gasteiger partial charge in [0.15, 0.2) is 0 Å². The molecule has 0 atom stereocenters. The van der Waals surface area contributed by atoms with Crippen LogP contribution in [0, 0.1) is 0 Å². The van der Waals surface area contributed by atoms with Crippen LogP contribution in [0.15, 0.2) is 48.6 Å². The van der Waals surface area contributed by atoms with Crippen LogP contribution in [0.3, 0.4) is 0 Å². The summed E-state index contributed by atoms with van der Waals surface area (Å²) in [4.78, 5) is 0. The van der Waals surface area contributed by atoms with Crippen molar-refractivity contribution in [2.24, 2.45) is 0 Å². The molecule has 0 nitrogen and oxygen atoms in total. The van der Waals surface area contributed by atoms with Gasteiger partial charge in [0.25, 0.3) is 0 Å². The minimum absolute atomic E-state index is 0.224. The normalized spacial score (nSPS) is 13.3. The van der Waals surface area contributed by atoms with Crippen molar-refractivity contribution in [1.82, 2.24) is 0 Å². The van der Waals surface area contributed by atoms with Crippen molar-refractivity contribution in [2.45, 2.75) is 83.7 Å². The third-order valence-electron chi connectivity index (χ3n) is 3.54. The van der Waals surface area contributed by atoms with E-state index in [1.807, 2.05) is 12.2 Å². The van der Waals surface area contributed by atoms with E-state index in [0.717, 1.165) is 25.7 Å². The quantitative estimate of drug-likeness (QED) is 0.221. The molecule has 0 aromatic rings. The zero-order valence-corrected chi connectivity index (χ0v) is 15.0. The Hall–Kier alpha value is -1.25. The molecule has 0 amide bonds. The Morgan fingerprint density at radius 1 is 0.583 bits per heavy atom. The van der Waals surface area contributed by atoms with E-state index in [4.69, 9.17) is 0 Å². The summed E-state index contributed by atoms with van der Waals surface area (Å²) >= 11 is 0. The van der Waals surface area contributed by atoms with Crippen molar-refractivity contribution in [3.05, 3.63) is 48.6 Å². The molecule has 138 valence electrons. The number of allylic oxidation sites excluding steroid dienone is 8. The van der Waals surface area contributed by atoms with Gasteiger partial charge in [-0.2, -0.15) is 13.2 Å². The summed E-state index contributed by atoms with van der Waals surface area (Å²) in [6, 6.07) is 0. The molecule has 0 rings (SSSR count).